The lowest BCUT2D eigenvalue weighted by Gasteiger charge is -2.15. The van der Waals surface area contributed by atoms with E-state index < -0.39 is 0 Å². The zero-order valence-electron chi connectivity index (χ0n) is 9.72. The van der Waals surface area contributed by atoms with Crippen molar-refractivity contribution in [2.75, 3.05) is 5.32 Å². The molecule has 2 rings (SSSR count). The van der Waals surface area contributed by atoms with Gasteiger partial charge in [0.1, 0.15) is 0 Å². The van der Waals surface area contributed by atoms with E-state index in [2.05, 4.69) is 37.4 Å². The standard InChI is InChI=1S/C13H17NO/c1-8(2)9-5-6-10-11(7-9)14-12(15)13(10,3)4/h5-8H,1-4H3,(H,14,15). The first-order chi connectivity index (χ1) is 6.93. The highest BCUT2D eigenvalue weighted by atomic mass is 16.2. The van der Waals surface area contributed by atoms with Gasteiger partial charge >= 0.3 is 0 Å². The summed E-state index contributed by atoms with van der Waals surface area (Å²) in [6.07, 6.45) is 0. The molecule has 1 aliphatic rings. The van der Waals surface area contributed by atoms with Gasteiger partial charge in [-0.05, 0) is 37.0 Å². The first-order valence-corrected chi connectivity index (χ1v) is 5.39. The van der Waals surface area contributed by atoms with Crippen molar-refractivity contribution in [3.05, 3.63) is 29.3 Å². The number of hydrogen-bond donors (Lipinski definition) is 1. The lowest BCUT2D eigenvalue weighted by Crippen LogP contribution is -2.26. The van der Waals surface area contributed by atoms with E-state index in [0.717, 1.165) is 11.3 Å². The van der Waals surface area contributed by atoms with Crippen LogP contribution in [0.1, 0.15) is 44.7 Å². The molecule has 1 aliphatic heterocycles. The highest BCUT2D eigenvalue weighted by Crippen LogP contribution is 2.38. The largest absolute Gasteiger partial charge is 0.325 e. The third-order valence-electron chi connectivity index (χ3n) is 3.20. The molecule has 0 radical (unpaired) electrons. The third-order valence-corrected chi connectivity index (χ3v) is 3.20. The third kappa shape index (κ3) is 1.44. The molecule has 0 atom stereocenters. The summed E-state index contributed by atoms with van der Waals surface area (Å²) in [5, 5.41) is 2.94. The van der Waals surface area contributed by atoms with Crippen LogP contribution in [-0.4, -0.2) is 5.91 Å². The molecule has 0 saturated carbocycles. The minimum Gasteiger partial charge on any atom is -0.325 e. The Balaban J connectivity index is 2.51. The summed E-state index contributed by atoms with van der Waals surface area (Å²) >= 11 is 0. The highest BCUT2D eigenvalue weighted by molar-refractivity contribution is 6.05. The molecule has 1 N–H and O–H groups in total. The average Bonchev–Trinajstić information content (AvgIpc) is 2.38. The maximum atomic E-state index is 11.7. The van der Waals surface area contributed by atoms with Crippen LogP contribution in [0.3, 0.4) is 0 Å². The molecule has 0 aliphatic carbocycles. The number of fused-ring (bicyclic) bond motifs is 1. The van der Waals surface area contributed by atoms with Gasteiger partial charge in [-0.15, -0.1) is 0 Å². The highest BCUT2D eigenvalue weighted by Gasteiger charge is 2.38. The first kappa shape index (κ1) is 10.2. The summed E-state index contributed by atoms with van der Waals surface area (Å²) in [7, 11) is 0. The van der Waals surface area contributed by atoms with Gasteiger partial charge in [-0.1, -0.05) is 26.0 Å². The summed E-state index contributed by atoms with van der Waals surface area (Å²) in [4.78, 5) is 11.7. The average molecular weight is 203 g/mol. The van der Waals surface area contributed by atoms with E-state index in [9.17, 15) is 4.79 Å². The summed E-state index contributed by atoms with van der Waals surface area (Å²) in [5.74, 6) is 0.592. The Morgan fingerprint density at radius 2 is 1.93 bits per heavy atom. The topological polar surface area (TPSA) is 29.1 Å². The van der Waals surface area contributed by atoms with Gasteiger partial charge in [0, 0.05) is 5.69 Å². The number of amides is 1. The van der Waals surface area contributed by atoms with Crippen molar-refractivity contribution >= 4 is 11.6 Å². The summed E-state index contributed by atoms with van der Waals surface area (Å²) in [6.45, 7) is 8.24. The maximum absolute atomic E-state index is 11.7. The fraction of sp³-hybridized carbons (Fsp3) is 0.462. The quantitative estimate of drug-likeness (QED) is 0.746. The van der Waals surface area contributed by atoms with Gasteiger partial charge < -0.3 is 5.32 Å². The molecule has 2 nitrogen and oxygen atoms in total. The zero-order chi connectivity index (χ0) is 11.2. The minimum absolute atomic E-state index is 0.0957. The van der Waals surface area contributed by atoms with Gasteiger partial charge in [-0.25, -0.2) is 0 Å². The van der Waals surface area contributed by atoms with Crippen LogP contribution < -0.4 is 5.32 Å². The smallest absolute Gasteiger partial charge is 0.234 e. The molecule has 15 heavy (non-hydrogen) atoms. The van der Waals surface area contributed by atoms with E-state index in [-0.39, 0.29) is 11.3 Å². The number of hydrogen-bond acceptors (Lipinski definition) is 1. The molecule has 0 saturated heterocycles. The predicted octanol–water partition coefficient (Wildman–Crippen LogP) is 3.04. The Labute approximate surface area is 90.7 Å². The maximum Gasteiger partial charge on any atom is 0.234 e. The van der Waals surface area contributed by atoms with Crippen LogP contribution in [0, 0.1) is 0 Å². The molecule has 0 aromatic heterocycles. The summed E-state index contributed by atoms with van der Waals surface area (Å²) < 4.78 is 0. The van der Waals surface area contributed by atoms with Gasteiger partial charge in [0.2, 0.25) is 5.91 Å². The molecule has 80 valence electrons. The second-order valence-electron chi connectivity index (χ2n) is 5.04. The Bertz CT molecular complexity index is 419. The molecule has 2 heteroatoms. The molecule has 1 heterocycles. The molecule has 1 aromatic rings. The molecule has 1 amide bonds. The molecular formula is C13H17NO. The zero-order valence-corrected chi connectivity index (χ0v) is 9.72. The van der Waals surface area contributed by atoms with Crippen molar-refractivity contribution in [2.45, 2.75) is 39.0 Å². The van der Waals surface area contributed by atoms with E-state index in [4.69, 9.17) is 0 Å². The van der Waals surface area contributed by atoms with Crippen LogP contribution in [-0.2, 0) is 10.2 Å². The Morgan fingerprint density at radius 1 is 1.27 bits per heavy atom. The lowest BCUT2D eigenvalue weighted by atomic mass is 9.85. The fourth-order valence-electron chi connectivity index (χ4n) is 1.97. The Morgan fingerprint density at radius 3 is 2.53 bits per heavy atom. The van der Waals surface area contributed by atoms with Crippen LogP contribution in [0.15, 0.2) is 18.2 Å². The van der Waals surface area contributed by atoms with Gasteiger partial charge in [0.25, 0.3) is 0 Å². The normalized spacial score (nSPS) is 17.8. The Hall–Kier alpha value is -1.31. The fourth-order valence-corrected chi connectivity index (χ4v) is 1.97. The first-order valence-electron chi connectivity index (χ1n) is 5.39. The van der Waals surface area contributed by atoms with E-state index in [1.54, 1.807) is 0 Å². The second-order valence-corrected chi connectivity index (χ2v) is 5.04. The van der Waals surface area contributed by atoms with Crippen LogP contribution >= 0.6 is 0 Å². The van der Waals surface area contributed by atoms with E-state index >= 15 is 0 Å². The summed E-state index contributed by atoms with van der Waals surface area (Å²) in [6, 6.07) is 6.28. The molecular weight excluding hydrogens is 186 g/mol. The van der Waals surface area contributed by atoms with Gasteiger partial charge in [-0.3, -0.25) is 4.79 Å². The number of carbonyl (C=O) groups is 1. The number of rotatable bonds is 1. The monoisotopic (exact) mass is 203 g/mol. The van der Waals surface area contributed by atoms with Crippen LogP contribution in [0.5, 0.6) is 0 Å². The Kier molecular flexibility index (Phi) is 2.10. The molecule has 0 unspecified atom stereocenters. The molecule has 0 bridgehead atoms. The lowest BCUT2D eigenvalue weighted by molar-refractivity contribution is -0.119. The van der Waals surface area contributed by atoms with E-state index in [1.165, 1.54) is 5.56 Å². The SMILES string of the molecule is CC(C)c1ccc2c(c1)NC(=O)C2(C)C. The van der Waals surface area contributed by atoms with Crippen molar-refractivity contribution < 1.29 is 4.79 Å². The molecule has 0 spiro atoms. The van der Waals surface area contributed by atoms with Crippen LogP contribution in [0.4, 0.5) is 5.69 Å². The van der Waals surface area contributed by atoms with Crippen molar-refractivity contribution in [1.29, 1.82) is 0 Å². The minimum atomic E-state index is -0.384. The molecule has 1 aromatic carbocycles. The van der Waals surface area contributed by atoms with Crippen LogP contribution in [0.25, 0.3) is 0 Å². The second kappa shape index (κ2) is 3.09. The number of benzene rings is 1. The van der Waals surface area contributed by atoms with Gasteiger partial charge in [0.05, 0.1) is 5.41 Å². The van der Waals surface area contributed by atoms with Crippen molar-refractivity contribution in [1.82, 2.24) is 0 Å². The van der Waals surface area contributed by atoms with Crippen molar-refractivity contribution in [3.63, 3.8) is 0 Å². The number of anilines is 1. The molecule has 0 fully saturated rings. The van der Waals surface area contributed by atoms with Gasteiger partial charge in [-0.2, -0.15) is 0 Å². The van der Waals surface area contributed by atoms with E-state index in [1.807, 2.05) is 13.8 Å². The van der Waals surface area contributed by atoms with Crippen molar-refractivity contribution in [2.24, 2.45) is 0 Å². The summed E-state index contributed by atoms with van der Waals surface area (Å²) in [5.41, 5.74) is 2.98. The van der Waals surface area contributed by atoms with Gasteiger partial charge in [0.15, 0.2) is 0 Å². The van der Waals surface area contributed by atoms with E-state index in [0.29, 0.717) is 5.92 Å². The number of nitrogens with one attached hydrogen (secondary N) is 1. The van der Waals surface area contributed by atoms with Crippen LogP contribution in [0.2, 0.25) is 0 Å². The predicted molar refractivity (Wildman–Crippen MR) is 62.2 cm³/mol. The van der Waals surface area contributed by atoms with Crippen molar-refractivity contribution in [3.8, 4) is 0 Å². The number of carbonyl (C=O) groups excluding carboxylic acids is 1.